The van der Waals surface area contributed by atoms with Crippen LogP contribution in [-0.4, -0.2) is 14.9 Å². The number of hydrogen-bond acceptors (Lipinski definition) is 2. The molecule has 1 aromatic carbocycles. The largest absolute Gasteiger partial charge is 0.388 e. The molecule has 0 amide bonds. The molecule has 1 fully saturated rings. The summed E-state index contributed by atoms with van der Waals surface area (Å²) >= 11 is 9.62. The highest BCUT2D eigenvalue weighted by molar-refractivity contribution is 9.10. The molecule has 0 spiro atoms. The fraction of sp³-hybridized carbons (Fsp3) is 0.438. The quantitative estimate of drug-likeness (QED) is 0.849. The van der Waals surface area contributed by atoms with E-state index in [0.717, 1.165) is 15.7 Å². The lowest BCUT2D eigenvalue weighted by Gasteiger charge is -2.13. The number of benzene rings is 1. The zero-order chi connectivity index (χ0) is 14.8. The molecule has 1 atom stereocenters. The molecule has 5 heteroatoms. The van der Waals surface area contributed by atoms with E-state index in [1.165, 1.54) is 25.7 Å². The standard InChI is InChI=1S/C16H18BrClN2O/c17-14-7-3-6-13(16(14)18)15(21)10-11-8-9-20(19-11)12-4-1-2-5-12/h3,6-9,12,15,21H,1-2,4-5,10H2. The average molecular weight is 370 g/mol. The number of halogens is 2. The minimum absolute atomic E-state index is 0.482. The Hall–Kier alpha value is -0.840. The van der Waals surface area contributed by atoms with Gasteiger partial charge < -0.3 is 5.11 Å². The van der Waals surface area contributed by atoms with E-state index in [1.807, 2.05) is 30.5 Å². The molecular formula is C16H18BrClN2O. The first-order valence-electron chi connectivity index (χ1n) is 7.31. The minimum atomic E-state index is -0.637. The first kappa shape index (κ1) is 15.1. The van der Waals surface area contributed by atoms with Crippen molar-refractivity contribution in [3.63, 3.8) is 0 Å². The fourth-order valence-corrected chi connectivity index (χ4v) is 3.58. The van der Waals surface area contributed by atoms with E-state index in [2.05, 4.69) is 25.7 Å². The Balaban J connectivity index is 1.72. The maximum atomic E-state index is 10.4. The SMILES string of the molecule is OC(Cc1ccn(C2CCCC2)n1)c1cccc(Br)c1Cl. The molecule has 0 aliphatic heterocycles. The van der Waals surface area contributed by atoms with Gasteiger partial charge in [0.2, 0.25) is 0 Å². The van der Waals surface area contributed by atoms with E-state index in [4.69, 9.17) is 11.6 Å². The van der Waals surface area contributed by atoms with Gasteiger partial charge in [-0.1, -0.05) is 36.6 Å². The molecule has 1 N–H and O–H groups in total. The molecule has 1 saturated carbocycles. The van der Waals surface area contributed by atoms with Crippen LogP contribution < -0.4 is 0 Å². The van der Waals surface area contributed by atoms with Gasteiger partial charge in [0.1, 0.15) is 0 Å². The highest BCUT2D eigenvalue weighted by Crippen LogP contribution is 2.32. The van der Waals surface area contributed by atoms with Crippen molar-refractivity contribution in [2.45, 2.75) is 44.2 Å². The van der Waals surface area contributed by atoms with Crippen LogP contribution in [0, 0.1) is 0 Å². The molecule has 1 unspecified atom stereocenters. The van der Waals surface area contributed by atoms with Gasteiger partial charge in [0.25, 0.3) is 0 Å². The number of aliphatic hydroxyl groups is 1. The summed E-state index contributed by atoms with van der Waals surface area (Å²) in [6, 6.07) is 8.13. The number of aromatic nitrogens is 2. The highest BCUT2D eigenvalue weighted by Gasteiger charge is 2.19. The lowest BCUT2D eigenvalue weighted by atomic mass is 10.1. The number of nitrogens with zero attached hydrogens (tertiary/aromatic N) is 2. The van der Waals surface area contributed by atoms with Crippen LogP contribution in [0.15, 0.2) is 34.9 Å². The molecule has 1 heterocycles. The second-order valence-electron chi connectivity index (χ2n) is 5.59. The van der Waals surface area contributed by atoms with Gasteiger partial charge in [0, 0.05) is 22.7 Å². The van der Waals surface area contributed by atoms with Crippen LogP contribution in [-0.2, 0) is 6.42 Å². The van der Waals surface area contributed by atoms with E-state index < -0.39 is 6.10 Å². The van der Waals surface area contributed by atoms with Crippen LogP contribution in [0.3, 0.4) is 0 Å². The monoisotopic (exact) mass is 368 g/mol. The van der Waals surface area contributed by atoms with Gasteiger partial charge >= 0.3 is 0 Å². The molecule has 3 nitrogen and oxygen atoms in total. The van der Waals surface area contributed by atoms with Gasteiger partial charge in [-0.15, -0.1) is 0 Å². The van der Waals surface area contributed by atoms with Gasteiger partial charge in [-0.05, 0) is 40.9 Å². The van der Waals surface area contributed by atoms with Gasteiger partial charge in [-0.25, -0.2) is 0 Å². The summed E-state index contributed by atoms with van der Waals surface area (Å²) < 4.78 is 2.86. The third kappa shape index (κ3) is 3.33. The van der Waals surface area contributed by atoms with Crippen LogP contribution >= 0.6 is 27.5 Å². The van der Waals surface area contributed by atoms with Gasteiger partial charge in [-0.3, -0.25) is 4.68 Å². The lowest BCUT2D eigenvalue weighted by molar-refractivity contribution is 0.177. The Morgan fingerprint density at radius 3 is 2.86 bits per heavy atom. The molecule has 0 bridgehead atoms. The molecule has 1 aliphatic rings. The molecule has 0 radical (unpaired) electrons. The molecule has 112 valence electrons. The Morgan fingerprint density at radius 1 is 1.33 bits per heavy atom. The zero-order valence-corrected chi connectivity index (χ0v) is 14.0. The topological polar surface area (TPSA) is 38.0 Å². The van der Waals surface area contributed by atoms with Crippen LogP contribution in [0.2, 0.25) is 5.02 Å². The second kappa shape index (κ2) is 6.51. The minimum Gasteiger partial charge on any atom is -0.388 e. The van der Waals surface area contributed by atoms with Crippen molar-refractivity contribution in [1.82, 2.24) is 9.78 Å². The summed E-state index contributed by atoms with van der Waals surface area (Å²) in [7, 11) is 0. The van der Waals surface area contributed by atoms with Crippen LogP contribution in [0.25, 0.3) is 0 Å². The van der Waals surface area contributed by atoms with Gasteiger partial charge in [0.15, 0.2) is 0 Å². The molecule has 21 heavy (non-hydrogen) atoms. The van der Waals surface area contributed by atoms with Crippen molar-refractivity contribution in [3.8, 4) is 0 Å². The molecule has 2 aromatic rings. The highest BCUT2D eigenvalue weighted by atomic mass is 79.9. The normalized spacial score (nSPS) is 17.3. The van der Waals surface area contributed by atoms with E-state index >= 15 is 0 Å². The van der Waals surface area contributed by atoms with Gasteiger partial charge in [0.05, 0.1) is 22.9 Å². The lowest BCUT2D eigenvalue weighted by Crippen LogP contribution is -2.07. The number of hydrogen-bond donors (Lipinski definition) is 1. The predicted octanol–water partition coefficient (Wildman–Crippen LogP) is 4.69. The summed E-state index contributed by atoms with van der Waals surface area (Å²) in [5.74, 6) is 0. The average Bonchev–Trinajstić information content (AvgIpc) is 3.12. The van der Waals surface area contributed by atoms with E-state index in [1.54, 1.807) is 0 Å². The predicted molar refractivity (Wildman–Crippen MR) is 87.5 cm³/mol. The van der Waals surface area contributed by atoms with Crippen molar-refractivity contribution in [1.29, 1.82) is 0 Å². The van der Waals surface area contributed by atoms with Crippen molar-refractivity contribution in [3.05, 3.63) is 51.2 Å². The summed E-state index contributed by atoms with van der Waals surface area (Å²) in [4.78, 5) is 0. The maximum Gasteiger partial charge on any atom is 0.0860 e. The van der Waals surface area contributed by atoms with E-state index in [9.17, 15) is 5.11 Å². The van der Waals surface area contributed by atoms with Crippen LogP contribution in [0.5, 0.6) is 0 Å². The molecule has 1 aromatic heterocycles. The second-order valence-corrected chi connectivity index (χ2v) is 6.82. The Morgan fingerprint density at radius 2 is 2.10 bits per heavy atom. The zero-order valence-electron chi connectivity index (χ0n) is 11.7. The van der Waals surface area contributed by atoms with E-state index in [0.29, 0.717) is 17.5 Å². The van der Waals surface area contributed by atoms with Crippen LogP contribution in [0.1, 0.15) is 49.1 Å². The number of rotatable bonds is 4. The molecule has 1 aliphatic carbocycles. The third-order valence-electron chi connectivity index (χ3n) is 4.11. The van der Waals surface area contributed by atoms with Crippen LogP contribution in [0.4, 0.5) is 0 Å². The summed E-state index contributed by atoms with van der Waals surface area (Å²) in [6.45, 7) is 0. The summed E-state index contributed by atoms with van der Waals surface area (Å²) in [5, 5.41) is 15.6. The third-order valence-corrected chi connectivity index (χ3v) is 5.42. The Bertz CT molecular complexity index is 622. The summed E-state index contributed by atoms with van der Waals surface area (Å²) in [5.41, 5.74) is 1.65. The molecule has 3 rings (SSSR count). The fourth-order valence-electron chi connectivity index (χ4n) is 2.94. The van der Waals surface area contributed by atoms with Crippen molar-refractivity contribution in [2.75, 3.05) is 0 Å². The molecular weight excluding hydrogens is 352 g/mol. The summed E-state index contributed by atoms with van der Waals surface area (Å²) in [6.07, 6.45) is 6.87. The first-order valence-corrected chi connectivity index (χ1v) is 8.48. The van der Waals surface area contributed by atoms with Crippen molar-refractivity contribution in [2.24, 2.45) is 0 Å². The Kier molecular flexibility index (Phi) is 4.67. The van der Waals surface area contributed by atoms with E-state index in [-0.39, 0.29) is 0 Å². The Labute approximate surface area is 138 Å². The first-order chi connectivity index (χ1) is 10.1. The van der Waals surface area contributed by atoms with Crippen molar-refractivity contribution < 1.29 is 5.11 Å². The number of aliphatic hydroxyl groups excluding tert-OH is 1. The smallest absolute Gasteiger partial charge is 0.0860 e. The van der Waals surface area contributed by atoms with Gasteiger partial charge in [-0.2, -0.15) is 5.10 Å². The molecule has 0 saturated heterocycles. The van der Waals surface area contributed by atoms with Crippen molar-refractivity contribution >= 4 is 27.5 Å². The maximum absolute atomic E-state index is 10.4.